The molecule has 0 bridgehead atoms. The summed E-state index contributed by atoms with van der Waals surface area (Å²) in [6.07, 6.45) is 2.19. The van der Waals surface area contributed by atoms with Crippen LogP contribution in [0.2, 0.25) is 0 Å². The minimum atomic E-state index is 0.734. The predicted octanol–water partition coefficient (Wildman–Crippen LogP) is 2.79. The monoisotopic (exact) mass is 160 g/mol. The van der Waals surface area contributed by atoms with Crippen molar-refractivity contribution in [3.63, 3.8) is 0 Å². The topological polar surface area (TPSA) is 9.23 Å². The van der Waals surface area contributed by atoms with Crippen LogP contribution in [0.15, 0.2) is 23.8 Å². The van der Waals surface area contributed by atoms with Gasteiger partial charge in [0.05, 0.1) is 0 Å². The maximum Gasteiger partial charge on any atom is 0.129 e. The molecular weight excluding hydrogens is 148 g/mol. The van der Waals surface area contributed by atoms with Crippen LogP contribution >= 0.6 is 0 Å². The Hall–Kier alpha value is -1.24. The van der Waals surface area contributed by atoms with Crippen molar-refractivity contribution in [1.29, 1.82) is 0 Å². The van der Waals surface area contributed by atoms with E-state index in [0.29, 0.717) is 0 Å². The summed E-state index contributed by atoms with van der Waals surface area (Å²) in [5, 5.41) is 0. The summed E-state index contributed by atoms with van der Waals surface area (Å²) in [6, 6.07) is 6.23. The molecule has 1 nitrogen and oxygen atoms in total. The number of benzene rings is 1. The van der Waals surface area contributed by atoms with Gasteiger partial charge in [0.15, 0.2) is 0 Å². The first-order valence-electron chi connectivity index (χ1n) is 4.17. The zero-order chi connectivity index (χ0) is 8.55. The second kappa shape index (κ2) is 2.67. The molecule has 0 spiro atoms. The van der Waals surface area contributed by atoms with Gasteiger partial charge in [-0.2, -0.15) is 0 Å². The highest BCUT2D eigenvalue weighted by Gasteiger charge is 2.09. The average Bonchev–Trinajstić information content (AvgIpc) is 2.04. The van der Waals surface area contributed by atoms with Crippen molar-refractivity contribution in [2.45, 2.75) is 13.8 Å². The van der Waals surface area contributed by atoms with Gasteiger partial charge in [-0.15, -0.1) is 0 Å². The largest absolute Gasteiger partial charge is 0.488 e. The zero-order valence-corrected chi connectivity index (χ0v) is 7.42. The Morgan fingerprint density at radius 2 is 2.08 bits per heavy atom. The molecule has 62 valence electrons. The molecule has 0 amide bonds. The summed E-state index contributed by atoms with van der Waals surface area (Å²) in [7, 11) is 0. The summed E-state index contributed by atoms with van der Waals surface area (Å²) >= 11 is 0. The smallest absolute Gasteiger partial charge is 0.129 e. The van der Waals surface area contributed by atoms with E-state index in [1.165, 1.54) is 16.7 Å². The summed E-state index contributed by atoms with van der Waals surface area (Å²) in [6.45, 7) is 4.90. The molecular formula is C11H12O. The molecule has 0 unspecified atom stereocenters. The Morgan fingerprint density at radius 3 is 2.92 bits per heavy atom. The molecule has 0 saturated heterocycles. The third-order valence-electron chi connectivity index (χ3n) is 2.09. The first kappa shape index (κ1) is 7.41. The summed E-state index contributed by atoms with van der Waals surface area (Å²) in [5.74, 6) is 1.04. The van der Waals surface area contributed by atoms with Gasteiger partial charge in [-0.05, 0) is 31.1 Å². The first-order valence-corrected chi connectivity index (χ1v) is 4.17. The van der Waals surface area contributed by atoms with Crippen molar-refractivity contribution in [2.24, 2.45) is 0 Å². The minimum Gasteiger partial charge on any atom is -0.488 e. The van der Waals surface area contributed by atoms with Crippen molar-refractivity contribution in [1.82, 2.24) is 0 Å². The molecule has 0 radical (unpaired) electrons. The van der Waals surface area contributed by atoms with Crippen LogP contribution in [0.1, 0.15) is 18.1 Å². The van der Waals surface area contributed by atoms with Crippen LogP contribution in [0.4, 0.5) is 0 Å². The number of aryl methyl sites for hydroxylation is 1. The van der Waals surface area contributed by atoms with Crippen molar-refractivity contribution in [3.8, 4) is 5.75 Å². The van der Waals surface area contributed by atoms with Crippen molar-refractivity contribution in [2.75, 3.05) is 6.61 Å². The lowest BCUT2D eigenvalue weighted by Crippen LogP contribution is -2.05. The number of rotatable bonds is 0. The Balaban J connectivity index is 2.57. The second-order valence-electron chi connectivity index (χ2n) is 3.27. The molecule has 0 saturated carbocycles. The maximum absolute atomic E-state index is 5.60. The van der Waals surface area contributed by atoms with Crippen LogP contribution in [0, 0.1) is 6.92 Å². The molecule has 1 heterocycles. The van der Waals surface area contributed by atoms with Crippen molar-refractivity contribution < 1.29 is 4.74 Å². The van der Waals surface area contributed by atoms with E-state index in [9.17, 15) is 0 Å². The van der Waals surface area contributed by atoms with Crippen LogP contribution in [-0.4, -0.2) is 6.61 Å². The van der Waals surface area contributed by atoms with Crippen LogP contribution in [0.5, 0.6) is 5.75 Å². The van der Waals surface area contributed by atoms with Gasteiger partial charge in [-0.1, -0.05) is 18.2 Å². The van der Waals surface area contributed by atoms with Gasteiger partial charge in [0, 0.05) is 5.56 Å². The molecule has 0 aliphatic carbocycles. The number of para-hydroxylation sites is 1. The Labute approximate surface area is 72.7 Å². The quantitative estimate of drug-likeness (QED) is 0.567. The Morgan fingerprint density at radius 1 is 1.25 bits per heavy atom. The molecule has 1 heteroatoms. The number of fused-ring (bicyclic) bond motifs is 1. The fraction of sp³-hybridized carbons (Fsp3) is 0.273. The Kier molecular flexibility index (Phi) is 1.65. The van der Waals surface area contributed by atoms with Gasteiger partial charge in [0.2, 0.25) is 0 Å². The zero-order valence-electron chi connectivity index (χ0n) is 7.42. The lowest BCUT2D eigenvalue weighted by Gasteiger charge is -2.17. The van der Waals surface area contributed by atoms with Gasteiger partial charge in [0.25, 0.3) is 0 Å². The minimum absolute atomic E-state index is 0.734. The van der Waals surface area contributed by atoms with Crippen molar-refractivity contribution in [3.05, 3.63) is 34.9 Å². The van der Waals surface area contributed by atoms with E-state index >= 15 is 0 Å². The average molecular weight is 160 g/mol. The van der Waals surface area contributed by atoms with Crippen molar-refractivity contribution >= 4 is 6.08 Å². The summed E-state index contributed by atoms with van der Waals surface area (Å²) in [5.41, 5.74) is 3.71. The predicted molar refractivity (Wildman–Crippen MR) is 50.3 cm³/mol. The normalized spacial score (nSPS) is 14.7. The van der Waals surface area contributed by atoms with Crippen LogP contribution in [0.25, 0.3) is 6.08 Å². The van der Waals surface area contributed by atoms with E-state index in [1.54, 1.807) is 0 Å². The molecule has 1 aromatic carbocycles. The molecule has 0 aromatic heterocycles. The van der Waals surface area contributed by atoms with Gasteiger partial charge in [0.1, 0.15) is 12.4 Å². The van der Waals surface area contributed by atoms with Gasteiger partial charge >= 0.3 is 0 Å². The van der Waals surface area contributed by atoms with Crippen LogP contribution in [0.3, 0.4) is 0 Å². The number of ether oxygens (including phenoxy) is 1. The highest BCUT2D eigenvalue weighted by atomic mass is 16.5. The van der Waals surface area contributed by atoms with E-state index < -0.39 is 0 Å². The summed E-state index contributed by atoms with van der Waals surface area (Å²) < 4.78 is 5.60. The maximum atomic E-state index is 5.60. The van der Waals surface area contributed by atoms with E-state index in [0.717, 1.165) is 12.4 Å². The molecule has 0 fully saturated rings. The van der Waals surface area contributed by atoms with E-state index in [1.807, 2.05) is 0 Å². The van der Waals surface area contributed by atoms with Gasteiger partial charge in [-0.3, -0.25) is 0 Å². The van der Waals surface area contributed by atoms with E-state index in [4.69, 9.17) is 4.74 Å². The van der Waals surface area contributed by atoms with E-state index in [2.05, 4.69) is 38.1 Å². The standard InChI is InChI=1S/C11H12O/c1-8-6-10-5-3-4-9(2)11(10)12-7-8/h3-6H,7H2,1-2H3. The highest BCUT2D eigenvalue weighted by molar-refractivity contribution is 5.63. The van der Waals surface area contributed by atoms with Crippen LogP contribution in [-0.2, 0) is 0 Å². The van der Waals surface area contributed by atoms with Gasteiger partial charge in [-0.25, -0.2) is 0 Å². The molecule has 2 rings (SSSR count). The van der Waals surface area contributed by atoms with E-state index in [-0.39, 0.29) is 0 Å². The third kappa shape index (κ3) is 1.11. The molecule has 0 atom stereocenters. The number of hydrogen-bond acceptors (Lipinski definition) is 1. The second-order valence-corrected chi connectivity index (χ2v) is 3.27. The molecule has 0 N–H and O–H groups in total. The molecule has 1 aliphatic rings. The highest BCUT2D eigenvalue weighted by Crippen LogP contribution is 2.29. The molecule has 1 aliphatic heterocycles. The third-order valence-corrected chi connectivity index (χ3v) is 2.09. The fourth-order valence-corrected chi connectivity index (χ4v) is 1.48. The molecule has 12 heavy (non-hydrogen) atoms. The number of hydrogen-bond donors (Lipinski definition) is 0. The fourth-order valence-electron chi connectivity index (χ4n) is 1.48. The lowest BCUT2D eigenvalue weighted by atomic mass is 10.1. The lowest BCUT2D eigenvalue weighted by molar-refractivity contribution is 0.345. The van der Waals surface area contributed by atoms with Crippen LogP contribution < -0.4 is 4.74 Å². The SMILES string of the molecule is CC1=Cc2cccc(C)c2OC1. The first-order chi connectivity index (χ1) is 5.77. The van der Waals surface area contributed by atoms with Gasteiger partial charge < -0.3 is 4.74 Å². The molecule has 1 aromatic rings. The Bertz CT molecular complexity index is 337. The summed E-state index contributed by atoms with van der Waals surface area (Å²) in [4.78, 5) is 0.